The number of halogens is 1. The second-order valence-electron chi connectivity index (χ2n) is 3.60. The summed E-state index contributed by atoms with van der Waals surface area (Å²) >= 11 is 3.34. The van der Waals surface area contributed by atoms with Crippen LogP contribution in [0.4, 0.5) is 0 Å². The normalized spacial score (nSPS) is 11.1. The molecule has 0 saturated heterocycles. The molecule has 0 spiro atoms. The van der Waals surface area contributed by atoms with Crippen LogP contribution in [0.3, 0.4) is 0 Å². The Morgan fingerprint density at radius 1 is 1.47 bits per heavy atom. The topological polar surface area (TPSA) is 29.9 Å². The molecule has 2 rings (SSSR count). The van der Waals surface area contributed by atoms with Gasteiger partial charge in [-0.25, -0.2) is 4.98 Å². The summed E-state index contributed by atoms with van der Waals surface area (Å²) in [5.41, 5.74) is 4.34. The van der Waals surface area contributed by atoms with Gasteiger partial charge >= 0.3 is 0 Å². The summed E-state index contributed by atoms with van der Waals surface area (Å²) in [5.74, 6) is 1.05. The van der Waals surface area contributed by atoms with Crippen molar-refractivity contribution in [3.05, 3.63) is 29.6 Å². The lowest BCUT2D eigenvalue weighted by Crippen LogP contribution is -2.09. The fourth-order valence-corrected chi connectivity index (χ4v) is 1.87. The van der Waals surface area contributed by atoms with E-state index in [0.29, 0.717) is 0 Å². The molecule has 2 aromatic rings. The third-order valence-electron chi connectivity index (χ3n) is 2.59. The Balaban J connectivity index is 2.39. The van der Waals surface area contributed by atoms with Crippen LogP contribution in [0.2, 0.25) is 0 Å². The van der Waals surface area contributed by atoms with Crippen molar-refractivity contribution < 1.29 is 0 Å². The van der Waals surface area contributed by atoms with E-state index in [1.54, 1.807) is 0 Å². The lowest BCUT2D eigenvalue weighted by Gasteiger charge is -2.01. The number of alkyl halides is 1. The quantitative estimate of drug-likeness (QED) is 0.684. The van der Waals surface area contributed by atoms with Crippen LogP contribution in [0.5, 0.6) is 0 Å². The Morgan fingerprint density at radius 3 is 3.00 bits per heavy atom. The van der Waals surface area contributed by atoms with Crippen molar-refractivity contribution in [1.82, 2.24) is 14.9 Å². The van der Waals surface area contributed by atoms with Crippen LogP contribution >= 0.6 is 15.9 Å². The first-order valence-corrected chi connectivity index (χ1v) is 6.03. The molecule has 0 aliphatic carbocycles. The molecule has 0 fully saturated rings. The molecule has 4 heteroatoms. The fraction of sp³-hybridized carbons (Fsp3) is 0.364. The Labute approximate surface area is 97.6 Å². The van der Waals surface area contributed by atoms with E-state index in [-0.39, 0.29) is 0 Å². The molecular formula is C11H14BrN3. The molecule has 0 saturated carbocycles. The van der Waals surface area contributed by atoms with Gasteiger partial charge in [0.1, 0.15) is 5.82 Å². The van der Waals surface area contributed by atoms with Gasteiger partial charge in [-0.15, -0.1) is 0 Å². The third-order valence-corrected chi connectivity index (χ3v) is 2.99. The van der Waals surface area contributed by atoms with E-state index < -0.39 is 0 Å². The molecule has 3 nitrogen and oxygen atoms in total. The number of nitrogens with zero attached hydrogens (tertiary/aromatic N) is 2. The number of rotatable bonds is 3. The smallest absolute Gasteiger partial charge is 0.106 e. The molecule has 0 amide bonds. The Bertz CT molecular complexity index is 476. The van der Waals surface area contributed by atoms with E-state index in [2.05, 4.69) is 49.0 Å². The van der Waals surface area contributed by atoms with E-state index in [1.165, 1.54) is 11.1 Å². The average molecular weight is 268 g/mol. The average Bonchev–Trinajstić information content (AvgIpc) is 2.52. The molecule has 0 aliphatic rings. The molecule has 1 heterocycles. The number of fused-ring (bicyclic) bond motifs is 1. The zero-order chi connectivity index (χ0) is 10.8. The van der Waals surface area contributed by atoms with Crippen molar-refractivity contribution in [1.29, 1.82) is 0 Å². The summed E-state index contributed by atoms with van der Waals surface area (Å²) in [6.07, 6.45) is 0. The molecule has 1 aromatic heterocycles. The highest BCUT2D eigenvalue weighted by molar-refractivity contribution is 9.09. The van der Waals surface area contributed by atoms with Crippen molar-refractivity contribution in [2.45, 2.75) is 13.5 Å². The van der Waals surface area contributed by atoms with Crippen LogP contribution in [-0.2, 0) is 13.6 Å². The van der Waals surface area contributed by atoms with E-state index in [1.807, 2.05) is 14.0 Å². The van der Waals surface area contributed by atoms with Gasteiger partial charge in [-0.1, -0.05) is 22.0 Å². The van der Waals surface area contributed by atoms with Gasteiger partial charge in [-0.2, -0.15) is 0 Å². The SMILES string of the molecule is Cc1nc2cc(CNCBr)ccc2n1C. The van der Waals surface area contributed by atoms with Crippen LogP contribution in [0, 0.1) is 6.92 Å². The first kappa shape index (κ1) is 10.6. The molecule has 0 bridgehead atoms. The van der Waals surface area contributed by atoms with Gasteiger partial charge in [-0.05, 0) is 24.6 Å². The lowest BCUT2D eigenvalue weighted by atomic mass is 10.2. The second-order valence-corrected chi connectivity index (χ2v) is 4.16. The van der Waals surface area contributed by atoms with Crippen LogP contribution in [0.1, 0.15) is 11.4 Å². The number of hydrogen-bond acceptors (Lipinski definition) is 2. The maximum absolute atomic E-state index is 4.50. The van der Waals surface area contributed by atoms with E-state index in [0.717, 1.165) is 23.3 Å². The van der Waals surface area contributed by atoms with Gasteiger partial charge in [0, 0.05) is 13.6 Å². The molecule has 0 aliphatic heterocycles. The number of aromatic nitrogens is 2. The van der Waals surface area contributed by atoms with Gasteiger partial charge < -0.3 is 9.88 Å². The molecule has 0 unspecified atom stereocenters. The van der Waals surface area contributed by atoms with E-state index in [9.17, 15) is 0 Å². The van der Waals surface area contributed by atoms with E-state index in [4.69, 9.17) is 0 Å². The van der Waals surface area contributed by atoms with Crippen molar-refractivity contribution in [3.63, 3.8) is 0 Å². The first-order chi connectivity index (χ1) is 7.22. The highest BCUT2D eigenvalue weighted by atomic mass is 79.9. The monoisotopic (exact) mass is 267 g/mol. The Morgan fingerprint density at radius 2 is 2.27 bits per heavy atom. The van der Waals surface area contributed by atoms with Crippen LogP contribution in [0.25, 0.3) is 11.0 Å². The molecule has 80 valence electrons. The zero-order valence-electron chi connectivity index (χ0n) is 8.92. The summed E-state index contributed by atoms with van der Waals surface area (Å²) in [6, 6.07) is 6.40. The Hall–Kier alpha value is -0.870. The molecule has 1 aromatic carbocycles. The second kappa shape index (κ2) is 4.33. The summed E-state index contributed by atoms with van der Waals surface area (Å²) in [5, 5.41) is 3.23. The standard InChI is InChI=1S/C11H14BrN3/c1-8-14-10-5-9(6-13-7-12)3-4-11(10)15(8)2/h3-5,13H,6-7H2,1-2H3. The number of imidazole rings is 1. The van der Waals surface area contributed by atoms with Crippen molar-refractivity contribution >= 4 is 27.0 Å². The van der Waals surface area contributed by atoms with Gasteiger partial charge in [0.05, 0.1) is 16.5 Å². The minimum atomic E-state index is 0.812. The number of nitrogens with one attached hydrogen (secondary N) is 1. The molecule has 0 radical (unpaired) electrons. The first-order valence-electron chi connectivity index (χ1n) is 4.91. The number of benzene rings is 1. The minimum absolute atomic E-state index is 0.812. The highest BCUT2D eigenvalue weighted by Crippen LogP contribution is 2.16. The molecule has 15 heavy (non-hydrogen) atoms. The summed E-state index contributed by atoms with van der Waals surface area (Å²) in [6.45, 7) is 2.90. The third kappa shape index (κ3) is 2.06. The van der Waals surface area contributed by atoms with Crippen molar-refractivity contribution in [2.24, 2.45) is 7.05 Å². The molecule has 1 N–H and O–H groups in total. The predicted molar refractivity (Wildman–Crippen MR) is 66.1 cm³/mol. The van der Waals surface area contributed by atoms with Crippen LogP contribution < -0.4 is 5.32 Å². The zero-order valence-corrected chi connectivity index (χ0v) is 10.5. The minimum Gasteiger partial charge on any atom is -0.331 e. The van der Waals surface area contributed by atoms with Crippen LogP contribution in [-0.4, -0.2) is 15.0 Å². The molecule has 0 atom stereocenters. The maximum Gasteiger partial charge on any atom is 0.106 e. The largest absolute Gasteiger partial charge is 0.331 e. The van der Waals surface area contributed by atoms with Gasteiger partial charge in [0.25, 0.3) is 0 Å². The predicted octanol–water partition coefficient (Wildman–Crippen LogP) is 2.32. The number of aryl methyl sites for hydroxylation is 2. The lowest BCUT2D eigenvalue weighted by molar-refractivity contribution is 0.803. The summed E-state index contributed by atoms with van der Waals surface area (Å²) < 4.78 is 2.11. The molecular weight excluding hydrogens is 254 g/mol. The highest BCUT2D eigenvalue weighted by Gasteiger charge is 2.04. The number of hydrogen-bond donors (Lipinski definition) is 1. The Kier molecular flexibility index (Phi) is 3.07. The summed E-state index contributed by atoms with van der Waals surface area (Å²) in [7, 11) is 2.04. The fourth-order valence-electron chi connectivity index (χ4n) is 1.67. The van der Waals surface area contributed by atoms with Crippen LogP contribution in [0.15, 0.2) is 18.2 Å². The van der Waals surface area contributed by atoms with Crippen molar-refractivity contribution in [3.8, 4) is 0 Å². The van der Waals surface area contributed by atoms with E-state index >= 15 is 0 Å². The summed E-state index contributed by atoms with van der Waals surface area (Å²) in [4.78, 5) is 4.50. The van der Waals surface area contributed by atoms with Gasteiger partial charge in [-0.3, -0.25) is 0 Å². The van der Waals surface area contributed by atoms with Crippen molar-refractivity contribution in [2.75, 3.05) is 5.45 Å². The van der Waals surface area contributed by atoms with Gasteiger partial charge in [0.2, 0.25) is 0 Å². The van der Waals surface area contributed by atoms with Gasteiger partial charge in [0.15, 0.2) is 0 Å². The maximum atomic E-state index is 4.50.